The number of pyridine rings is 1. The van der Waals surface area contributed by atoms with Gasteiger partial charge in [0.05, 0.1) is 6.54 Å². The zero-order valence-corrected chi connectivity index (χ0v) is 18.6. The maximum Gasteiger partial charge on any atom is 0.185 e. The van der Waals surface area contributed by atoms with Gasteiger partial charge in [0, 0.05) is 23.5 Å². The van der Waals surface area contributed by atoms with Crippen LogP contribution in [0.4, 0.5) is 5.00 Å². The van der Waals surface area contributed by atoms with E-state index in [1.165, 1.54) is 16.7 Å². The van der Waals surface area contributed by atoms with Crippen LogP contribution < -0.4 is 0 Å². The number of amidine groups is 1. The topological polar surface area (TPSA) is 40.9 Å². The van der Waals surface area contributed by atoms with E-state index in [2.05, 4.69) is 60.8 Å². The number of fused-ring (bicyclic) bond motifs is 1. The molecule has 1 aliphatic heterocycles. The maximum atomic E-state index is 5.16. The molecule has 0 fully saturated rings. The van der Waals surface area contributed by atoms with Crippen molar-refractivity contribution >= 4 is 39.0 Å². The van der Waals surface area contributed by atoms with Crippen LogP contribution in [-0.2, 0) is 13.0 Å². The van der Waals surface area contributed by atoms with Crippen LogP contribution in [0.25, 0.3) is 0 Å². The Balaban J connectivity index is 1.86. The van der Waals surface area contributed by atoms with E-state index in [4.69, 9.17) is 10.1 Å². The number of hydrogen-bond acceptors (Lipinski definition) is 6. The Morgan fingerprint density at radius 2 is 1.97 bits per heavy atom. The summed E-state index contributed by atoms with van der Waals surface area (Å²) in [7, 11) is 0. The highest BCUT2D eigenvalue weighted by atomic mass is 32.2. The summed E-state index contributed by atoms with van der Waals surface area (Å²) >= 11 is 3.34. The molecule has 0 radical (unpaired) electrons. The van der Waals surface area contributed by atoms with Gasteiger partial charge in [-0.25, -0.2) is 10.0 Å². The third-order valence-corrected chi connectivity index (χ3v) is 6.39. The Kier molecular flexibility index (Phi) is 6.11. The molecule has 6 heteroatoms. The van der Waals surface area contributed by atoms with Gasteiger partial charge in [-0.3, -0.25) is 4.98 Å². The molecule has 4 rings (SSSR count). The SMILES string of the molecule is CCCc1csc2c1C(c1ccc(C)cc1)=NN(Cc1cccnc1)C(SC)=N2. The van der Waals surface area contributed by atoms with Crippen molar-refractivity contribution in [3.63, 3.8) is 0 Å². The van der Waals surface area contributed by atoms with Crippen LogP contribution in [0, 0.1) is 6.92 Å². The molecular formula is C23H24N4S2. The number of aromatic nitrogens is 1. The summed E-state index contributed by atoms with van der Waals surface area (Å²) < 4.78 is 0. The van der Waals surface area contributed by atoms with Crippen molar-refractivity contribution in [2.45, 2.75) is 33.2 Å². The first-order valence-corrected chi connectivity index (χ1v) is 11.9. The molecular weight excluding hydrogens is 396 g/mol. The van der Waals surface area contributed by atoms with Crippen LogP contribution in [0.5, 0.6) is 0 Å². The lowest BCUT2D eigenvalue weighted by molar-refractivity contribution is 0.449. The van der Waals surface area contributed by atoms with Crippen molar-refractivity contribution in [1.29, 1.82) is 0 Å². The lowest BCUT2D eigenvalue weighted by atomic mass is 9.98. The number of rotatable bonds is 5. The number of nitrogens with zero attached hydrogens (tertiary/aromatic N) is 4. The number of thiophene rings is 1. The average Bonchev–Trinajstić information content (AvgIpc) is 3.05. The van der Waals surface area contributed by atoms with Gasteiger partial charge in [0.1, 0.15) is 10.7 Å². The minimum absolute atomic E-state index is 0.640. The van der Waals surface area contributed by atoms with E-state index in [1.807, 2.05) is 17.3 Å². The fraction of sp³-hybridized carbons (Fsp3) is 0.261. The van der Waals surface area contributed by atoms with Crippen molar-refractivity contribution in [2.75, 3.05) is 6.26 Å². The Labute approximate surface area is 180 Å². The Morgan fingerprint density at radius 3 is 2.66 bits per heavy atom. The van der Waals surface area contributed by atoms with E-state index in [-0.39, 0.29) is 0 Å². The molecule has 0 N–H and O–H groups in total. The van der Waals surface area contributed by atoms with Gasteiger partial charge in [-0.2, -0.15) is 5.10 Å². The highest BCUT2D eigenvalue weighted by molar-refractivity contribution is 8.13. The molecule has 3 aromatic rings. The summed E-state index contributed by atoms with van der Waals surface area (Å²) in [5.74, 6) is 0. The number of hydrazone groups is 1. The van der Waals surface area contributed by atoms with Gasteiger partial charge in [0.15, 0.2) is 5.17 Å². The number of thioether (sulfide) groups is 1. The van der Waals surface area contributed by atoms with Crippen molar-refractivity contribution in [3.8, 4) is 0 Å². The van der Waals surface area contributed by atoms with E-state index in [9.17, 15) is 0 Å². The molecule has 0 saturated heterocycles. The van der Waals surface area contributed by atoms with E-state index >= 15 is 0 Å². The van der Waals surface area contributed by atoms with Crippen molar-refractivity contribution in [1.82, 2.24) is 9.99 Å². The highest BCUT2D eigenvalue weighted by Gasteiger charge is 2.25. The second kappa shape index (κ2) is 8.93. The van der Waals surface area contributed by atoms with Crippen molar-refractivity contribution in [3.05, 3.63) is 82.0 Å². The minimum Gasteiger partial charge on any atom is -0.264 e. The van der Waals surface area contributed by atoms with Gasteiger partial charge in [-0.05, 0) is 42.2 Å². The summed E-state index contributed by atoms with van der Waals surface area (Å²) in [6.45, 7) is 4.97. The summed E-state index contributed by atoms with van der Waals surface area (Å²) in [6, 6.07) is 12.7. The predicted molar refractivity (Wildman–Crippen MR) is 126 cm³/mol. The number of aryl methyl sites for hydroxylation is 2. The third kappa shape index (κ3) is 4.28. The van der Waals surface area contributed by atoms with E-state index in [0.29, 0.717) is 6.54 Å². The van der Waals surface area contributed by atoms with Crippen molar-refractivity contribution < 1.29 is 0 Å². The molecule has 0 bridgehead atoms. The monoisotopic (exact) mass is 420 g/mol. The Morgan fingerprint density at radius 1 is 1.14 bits per heavy atom. The first-order chi connectivity index (χ1) is 14.2. The van der Waals surface area contributed by atoms with Crippen LogP contribution in [-0.4, -0.2) is 27.1 Å². The lowest BCUT2D eigenvalue weighted by Crippen LogP contribution is -2.24. The first kappa shape index (κ1) is 19.9. The van der Waals surface area contributed by atoms with Crippen LogP contribution in [0.1, 0.15) is 41.2 Å². The molecule has 0 spiro atoms. The number of aliphatic imine (C=N–C) groups is 1. The predicted octanol–water partition coefficient (Wildman–Crippen LogP) is 6.02. The maximum absolute atomic E-state index is 5.16. The van der Waals surface area contributed by atoms with Gasteiger partial charge in [-0.15, -0.1) is 11.3 Å². The number of hydrogen-bond donors (Lipinski definition) is 0. The van der Waals surface area contributed by atoms with Crippen molar-refractivity contribution in [2.24, 2.45) is 10.1 Å². The molecule has 0 saturated carbocycles. The molecule has 29 heavy (non-hydrogen) atoms. The molecule has 1 aromatic carbocycles. The quantitative estimate of drug-likeness (QED) is 0.506. The van der Waals surface area contributed by atoms with Gasteiger partial charge in [0.2, 0.25) is 0 Å². The summed E-state index contributed by atoms with van der Waals surface area (Å²) in [5, 5.41) is 11.4. The Bertz CT molecular complexity index is 1040. The molecule has 2 aromatic heterocycles. The second-order valence-electron chi connectivity index (χ2n) is 7.02. The fourth-order valence-electron chi connectivity index (χ4n) is 3.36. The molecule has 0 atom stereocenters. The van der Waals surface area contributed by atoms with E-state index in [1.54, 1.807) is 29.3 Å². The van der Waals surface area contributed by atoms with E-state index in [0.717, 1.165) is 39.8 Å². The molecule has 4 nitrogen and oxygen atoms in total. The fourth-order valence-corrected chi connectivity index (χ4v) is 4.89. The second-order valence-corrected chi connectivity index (χ2v) is 8.65. The average molecular weight is 421 g/mol. The minimum atomic E-state index is 0.640. The van der Waals surface area contributed by atoms with Gasteiger partial charge < -0.3 is 0 Å². The smallest absolute Gasteiger partial charge is 0.185 e. The van der Waals surface area contributed by atoms with Crippen LogP contribution in [0.3, 0.4) is 0 Å². The zero-order chi connectivity index (χ0) is 20.2. The summed E-state index contributed by atoms with van der Waals surface area (Å²) in [4.78, 5) is 9.28. The third-order valence-electron chi connectivity index (χ3n) is 4.81. The Hall–Kier alpha value is -2.44. The first-order valence-electron chi connectivity index (χ1n) is 9.75. The normalized spacial score (nSPS) is 13.6. The molecule has 0 unspecified atom stereocenters. The molecule has 3 heterocycles. The highest BCUT2D eigenvalue weighted by Crippen LogP contribution is 2.37. The molecule has 148 valence electrons. The molecule has 0 amide bonds. The van der Waals surface area contributed by atoms with Gasteiger partial charge in [-0.1, -0.05) is 61.0 Å². The summed E-state index contributed by atoms with van der Waals surface area (Å²) in [6.07, 6.45) is 7.88. The van der Waals surface area contributed by atoms with Gasteiger partial charge >= 0.3 is 0 Å². The molecule has 0 aliphatic carbocycles. The lowest BCUT2D eigenvalue weighted by Gasteiger charge is -2.19. The number of benzene rings is 1. The zero-order valence-electron chi connectivity index (χ0n) is 16.9. The standard InChI is InChI=1S/C23H24N4S2/c1-4-6-19-15-29-22-20(19)21(18-10-8-16(2)9-11-18)26-27(23(25-22)28-3)14-17-7-5-12-24-13-17/h5,7-13,15H,4,6,14H2,1-3H3. The van der Waals surface area contributed by atoms with Crippen LogP contribution in [0.2, 0.25) is 0 Å². The molecule has 1 aliphatic rings. The largest absolute Gasteiger partial charge is 0.264 e. The van der Waals surface area contributed by atoms with E-state index < -0.39 is 0 Å². The van der Waals surface area contributed by atoms with Gasteiger partial charge in [0.25, 0.3) is 0 Å². The van der Waals surface area contributed by atoms with Crippen LogP contribution >= 0.6 is 23.1 Å². The van der Waals surface area contributed by atoms with Crippen LogP contribution in [0.15, 0.2) is 64.3 Å². The summed E-state index contributed by atoms with van der Waals surface area (Å²) in [5.41, 5.74) is 7.00.